The van der Waals surface area contributed by atoms with Gasteiger partial charge in [-0.3, -0.25) is 0 Å². The molecule has 1 unspecified atom stereocenters. The number of aryl methyl sites for hydroxylation is 1. The van der Waals surface area contributed by atoms with E-state index in [9.17, 15) is 8.78 Å². The molecule has 0 N–H and O–H groups in total. The molecule has 2 heterocycles. The lowest BCUT2D eigenvalue weighted by atomic mass is 10.1. The van der Waals surface area contributed by atoms with E-state index in [1.807, 2.05) is 24.0 Å². The first-order valence-electron chi connectivity index (χ1n) is 7.27. The second-order valence-corrected chi connectivity index (χ2v) is 5.43. The highest BCUT2D eigenvalue weighted by Gasteiger charge is 2.24. The largest absolute Gasteiger partial charge is 0.370 e. The van der Waals surface area contributed by atoms with Crippen molar-refractivity contribution in [1.29, 1.82) is 5.26 Å². The van der Waals surface area contributed by atoms with Gasteiger partial charge in [-0.25, -0.2) is 13.8 Å². The highest BCUT2D eigenvalue weighted by molar-refractivity contribution is 5.45. The lowest BCUT2D eigenvalue weighted by molar-refractivity contribution is 0.0392. The van der Waals surface area contributed by atoms with Gasteiger partial charge in [0.2, 0.25) is 0 Å². The molecular formula is C17H15F2N3O. The molecule has 1 aliphatic heterocycles. The first-order valence-corrected chi connectivity index (χ1v) is 7.27. The van der Waals surface area contributed by atoms with Gasteiger partial charge in [0, 0.05) is 13.1 Å². The van der Waals surface area contributed by atoms with Crippen molar-refractivity contribution < 1.29 is 13.5 Å². The van der Waals surface area contributed by atoms with E-state index in [0.29, 0.717) is 36.8 Å². The van der Waals surface area contributed by atoms with Gasteiger partial charge in [-0.1, -0.05) is 12.1 Å². The van der Waals surface area contributed by atoms with E-state index in [4.69, 9.17) is 10.00 Å². The lowest BCUT2D eigenvalue weighted by Gasteiger charge is -2.34. The summed E-state index contributed by atoms with van der Waals surface area (Å²) in [5.74, 6) is -1.08. The molecule has 4 nitrogen and oxygen atoms in total. The van der Waals surface area contributed by atoms with Crippen molar-refractivity contribution in [2.75, 3.05) is 24.6 Å². The van der Waals surface area contributed by atoms with Gasteiger partial charge in [0.15, 0.2) is 11.6 Å². The van der Waals surface area contributed by atoms with E-state index < -0.39 is 11.6 Å². The zero-order valence-electron chi connectivity index (χ0n) is 12.6. The Labute approximate surface area is 132 Å². The molecule has 3 rings (SSSR count). The van der Waals surface area contributed by atoms with Crippen LogP contribution in [0.2, 0.25) is 0 Å². The van der Waals surface area contributed by atoms with Crippen LogP contribution in [0, 0.1) is 29.9 Å². The predicted octanol–water partition coefficient (Wildman–Crippen LogP) is 3.12. The Morgan fingerprint density at radius 1 is 1.26 bits per heavy atom. The van der Waals surface area contributed by atoms with Crippen LogP contribution < -0.4 is 4.90 Å². The molecule has 2 aromatic rings. The van der Waals surface area contributed by atoms with Gasteiger partial charge in [-0.15, -0.1) is 0 Å². The maximum Gasteiger partial charge on any atom is 0.159 e. The summed E-state index contributed by atoms with van der Waals surface area (Å²) in [5, 5.41) is 9.09. The Morgan fingerprint density at radius 3 is 2.83 bits per heavy atom. The number of hydrogen-bond donors (Lipinski definition) is 0. The highest BCUT2D eigenvalue weighted by atomic mass is 19.2. The van der Waals surface area contributed by atoms with Crippen molar-refractivity contribution in [3.63, 3.8) is 0 Å². The van der Waals surface area contributed by atoms with Gasteiger partial charge in [0.1, 0.15) is 23.7 Å². The van der Waals surface area contributed by atoms with Gasteiger partial charge in [0.25, 0.3) is 0 Å². The zero-order valence-corrected chi connectivity index (χ0v) is 12.6. The van der Waals surface area contributed by atoms with Crippen LogP contribution in [0.15, 0.2) is 30.3 Å². The number of nitrogens with zero attached hydrogens (tertiary/aromatic N) is 3. The van der Waals surface area contributed by atoms with Crippen LogP contribution >= 0.6 is 0 Å². The molecule has 0 aliphatic carbocycles. The summed E-state index contributed by atoms with van der Waals surface area (Å²) in [5.41, 5.74) is 1.79. The first kappa shape index (κ1) is 15.4. The Balaban J connectivity index is 1.83. The minimum Gasteiger partial charge on any atom is -0.370 e. The van der Waals surface area contributed by atoms with E-state index in [1.54, 1.807) is 0 Å². The van der Waals surface area contributed by atoms with Crippen LogP contribution in [0.25, 0.3) is 0 Å². The van der Waals surface area contributed by atoms with E-state index in [2.05, 4.69) is 11.1 Å². The number of morpholine rings is 1. The average Bonchev–Trinajstić information content (AvgIpc) is 2.58. The standard InChI is InChI=1S/C17H15F2N3O/c1-11-2-5-17(21-15(11)9-20)22-6-7-23-16(10-22)12-3-4-13(18)14(19)8-12/h2-5,8,16H,6-7,10H2,1H3. The second kappa shape index (κ2) is 6.31. The van der Waals surface area contributed by atoms with Gasteiger partial charge in [-0.2, -0.15) is 5.26 Å². The second-order valence-electron chi connectivity index (χ2n) is 5.43. The SMILES string of the molecule is Cc1ccc(N2CCOC(c3ccc(F)c(F)c3)C2)nc1C#N. The number of anilines is 1. The molecule has 23 heavy (non-hydrogen) atoms. The number of rotatable bonds is 2. The lowest BCUT2D eigenvalue weighted by Crippen LogP contribution is -2.39. The smallest absolute Gasteiger partial charge is 0.159 e. The molecule has 0 amide bonds. The molecule has 6 heteroatoms. The van der Waals surface area contributed by atoms with Gasteiger partial charge in [0.05, 0.1) is 6.61 Å². The Hall–Kier alpha value is -2.52. The molecule has 1 aliphatic rings. The third kappa shape index (κ3) is 3.15. The molecule has 0 spiro atoms. The van der Waals surface area contributed by atoms with Crippen molar-refractivity contribution in [2.24, 2.45) is 0 Å². The van der Waals surface area contributed by atoms with Crippen molar-refractivity contribution in [3.05, 3.63) is 58.8 Å². The van der Waals surface area contributed by atoms with Crippen LogP contribution in [0.4, 0.5) is 14.6 Å². The molecule has 1 aromatic heterocycles. The molecule has 1 fully saturated rings. The molecule has 1 aromatic carbocycles. The third-order valence-electron chi connectivity index (χ3n) is 3.89. The zero-order chi connectivity index (χ0) is 16.4. The van der Waals surface area contributed by atoms with Crippen molar-refractivity contribution in [2.45, 2.75) is 13.0 Å². The van der Waals surface area contributed by atoms with E-state index in [0.717, 1.165) is 17.7 Å². The number of aromatic nitrogens is 1. The highest BCUT2D eigenvalue weighted by Crippen LogP contribution is 2.26. The van der Waals surface area contributed by atoms with Gasteiger partial charge in [-0.05, 0) is 36.2 Å². The average molecular weight is 315 g/mol. The summed E-state index contributed by atoms with van der Waals surface area (Å²) >= 11 is 0. The quantitative estimate of drug-likeness (QED) is 0.854. The maximum absolute atomic E-state index is 13.4. The van der Waals surface area contributed by atoms with Crippen molar-refractivity contribution in [1.82, 2.24) is 4.98 Å². The van der Waals surface area contributed by atoms with Crippen molar-refractivity contribution >= 4 is 5.82 Å². The van der Waals surface area contributed by atoms with Crippen LogP contribution in [-0.2, 0) is 4.74 Å². The van der Waals surface area contributed by atoms with Crippen LogP contribution in [-0.4, -0.2) is 24.7 Å². The monoisotopic (exact) mass is 315 g/mol. The normalized spacial score (nSPS) is 17.8. The topological polar surface area (TPSA) is 49.1 Å². The molecule has 1 saturated heterocycles. The summed E-state index contributed by atoms with van der Waals surface area (Å²) in [7, 11) is 0. The first-order chi connectivity index (χ1) is 11.1. The van der Waals surface area contributed by atoms with Crippen molar-refractivity contribution in [3.8, 4) is 6.07 Å². The number of benzene rings is 1. The predicted molar refractivity (Wildman–Crippen MR) is 81.0 cm³/mol. The number of pyridine rings is 1. The summed E-state index contributed by atoms with van der Waals surface area (Å²) in [6.07, 6.45) is -0.368. The minimum atomic E-state index is -0.886. The number of halogens is 2. The molecule has 118 valence electrons. The third-order valence-corrected chi connectivity index (χ3v) is 3.89. The fourth-order valence-corrected chi connectivity index (χ4v) is 2.58. The summed E-state index contributed by atoms with van der Waals surface area (Å²) < 4.78 is 32.1. The molecule has 0 radical (unpaired) electrons. The Kier molecular flexibility index (Phi) is 4.22. The maximum atomic E-state index is 13.4. The van der Waals surface area contributed by atoms with Gasteiger partial charge >= 0.3 is 0 Å². The Bertz CT molecular complexity index is 773. The summed E-state index contributed by atoms with van der Waals surface area (Å²) in [6, 6.07) is 9.56. The fraction of sp³-hybridized carbons (Fsp3) is 0.294. The van der Waals surface area contributed by atoms with Crippen LogP contribution in [0.5, 0.6) is 0 Å². The number of nitriles is 1. The summed E-state index contributed by atoms with van der Waals surface area (Å²) in [6.45, 7) is 3.37. The van der Waals surface area contributed by atoms with Crippen LogP contribution in [0.3, 0.4) is 0 Å². The molecule has 0 saturated carbocycles. The fourth-order valence-electron chi connectivity index (χ4n) is 2.58. The van der Waals surface area contributed by atoms with E-state index in [-0.39, 0.29) is 6.10 Å². The molecular weight excluding hydrogens is 300 g/mol. The Morgan fingerprint density at radius 2 is 2.09 bits per heavy atom. The molecule has 1 atom stereocenters. The minimum absolute atomic E-state index is 0.368. The van der Waals surface area contributed by atoms with E-state index in [1.165, 1.54) is 6.07 Å². The number of hydrogen-bond acceptors (Lipinski definition) is 4. The molecule has 0 bridgehead atoms. The van der Waals surface area contributed by atoms with Crippen LogP contribution in [0.1, 0.15) is 22.9 Å². The van der Waals surface area contributed by atoms with Gasteiger partial charge < -0.3 is 9.64 Å². The summed E-state index contributed by atoms with van der Waals surface area (Å²) in [4.78, 5) is 6.33. The number of ether oxygens (including phenoxy) is 1. The van der Waals surface area contributed by atoms with E-state index >= 15 is 0 Å².